The normalized spacial score (nSPS) is 23.9. The van der Waals surface area contributed by atoms with Gasteiger partial charge in [-0.25, -0.2) is 0 Å². The van der Waals surface area contributed by atoms with Crippen LogP contribution in [0.3, 0.4) is 0 Å². The number of rotatable bonds is 4. The predicted molar refractivity (Wildman–Crippen MR) is 49.8 cm³/mol. The second kappa shape index (κ2) is 4.86. The van der Waals surface area contributed by atoms with E-state index in [0.29, 0.717) is 12.8 Å². The molecule has 9 heteroatoms. The summed E-state index contributed by atoms with van der Waals surface area (Å²) < 4.78 is 60.8. The van der Waals surface area contributed by atoms with Gasteiger partial charge < -0.3 is 5.11 Å². The van der Waals surface area contributed by atoms with Crippen molar-refractivity contribution in [2.75, 3.05) is 19.7 Å². The molecule has 0 saturated carbocycles. The molecule has 1 fully saturated rings. The Bertz CT molecular complexity index is 330. The first-order chi connectivity index (χ1) is 7.26. The maximum atomic E-state index is 11.9. The molecule has 0 unspecified atom stereocenters. The molecule has 1 heterocycles. The summed E-state index contributed by atoms with van der Waals surface area (Å²) in [6.45, 7) is -1.84. The molecule has 1 atom stereocenters. The SMILES string of the molecule is O=S(=O)(NCC(F)(F)F)N1CCC[C@@H]1CO. The highest BCUT2D eigenvalue weighted by Gasteiger charge is 2.36. The second-order valence-corrected chi connectivity index (χ2v) is 5.24. The average Bonchev–Trinajstić information content (AvgIpc) is 2.62. The molecule has 5 nitrogen and oxygen atoms in total. The Morgan fingerprint density at radius 2 is 2.06 bits per heavy atom. The summed E-state index contributed by atoms with van der Waals surface area (Å²) in [6.07, 6.45) is -3.58. The average molecular weight is 262 g/mol. The highest BCUT2D eigenvalue weighted by Crippen LogP contribution is 2.20. The number of alkyl halides is 3. The Morgan fingerprint density at radius 1 is 1.44 bits per heavy atom. The van der Waals surface area contributed by atoms with Crippen LogP contribution in [0.2, 0.25) is 0 Å². The lowest BCUT2D eigenvalue weighted by molar-refractivity contribution is -0.121. The Hall–Kier alpha value is -0.380. The van der Waals surface area contributed by atoms with E-state index < -0.39 is 29.0 Å². The highest BCUT2D eigenvalue weighted by molar-refractivity contribution is 7.87. The Labute approximate surface area is 91.4 Å². The lowest BCUT2D eigenvalue weighted by Gasteiger charge is -2.22. The van der Waals surface area contributed by atoms with Gasteiger partial charge in [-0.05, 0) is 12.8 Å². The van der Waals surface area contributed by atoms with Gasteiger partial charge in [0.2, 0.25) is 0 Å². The van der Waals surface area contributed by atoms with E-state index in [1.54, 1.807) is 0 Å². The number of aliphatic hydroxyl groups is 1. The quantitative estimate of drug-likeness (QED) is 0.739. The van der Waals surface area contributed by atoms with Gasteiger partial charge in [-0.1, -0.05) is 0 Å². The van der Waals surface area contributed by atoms with Gasteiger partial charge in [-0.15, -0.1) is 0 Å². The molecule has 2 N–H and O–H groups in total. The molecule has 0 amide bonds. The van der Waals surface area contributed by atoms with Gasteiger partial charge in [0.1, 0.15) is 6.54 Å². The number of nitrogens with one attached hydrogen (secondary N) is 1. The van der Waals surface area contributed by atoms with Crippen molar-refractivity contribution in [1.82, 2.24) is 9.03 Å². The standard InChI is InChI=1S/C7H13F3N2O3S/c8-7(9,10)5-11-16(14,15)12-3-1-2-6(12)4-13/h6,11,13H,1-5H2/t6-/m1/s1. The van der Waals surface area contributed by atoms with Crippen molar-refractivity contribution < 1.29 is 26.7 Å². The van der Waals surface area contributed by atoms with E-state index in [0.717, 1.165) is 4.31 Å². The van der Waals surface area contributed by atoms with Crippen molar-refractivity contribution in [1.29, 1.82) is 0 Å². The fraction of sp³-hybridized carbons (Fsp3) is 1.00. The van der Waals surface area contributed by atoms with E-state index in [1.807, 2.05) is 0 Å². The molecule has 0 radical (unpaired) electrons. The minimum absolute atomic E-state index is 0.137. The summed E-state index contributed by atoms with van der Waals surface area (Å²) in [5, 5.41) is 8.87. The number of nitrogens with zero attached hydrogens (tertiary/aromatic N) is 1. The van der Waals surface area contributed by atoms with Gasteiger partial charge >= 0.3 is 6.18 Å². The molecule has 16 heavy (non-hydrogen) atoms. The molecule has 1 saturated heterocycles. The van der Waals surface area contributed by atoms with Crippen molar-refractivity contribution in [2.24, 2.45) is 0 Å². The summed E-state index contributed by atoms with van der Waals surface area (Å²) in [7, 11) is -4.15. The molecular weight excluding hydrogens is 249 g/mol. The molecule has 1 aliphatic rings. The van der Waals surface area contributed by atoms with Crippen molar-refractivity contribution in [3.8, 4) is 0 Å². The zero-order valence-corrected chi connectivity index (χ0v) is 9.18. The van der Waals surface area contributed by atoms with Crippen LogP contribution in [0.4, 0.5) is 13.2 Å². The van der Waals surface area contributed by atoms with Crippen LogP contribution in [0, 0.1) is 0 Å². The lowest BCUT2D eigenvalue weighted by atomic mass is 10.2. The number of hydrogen-bond acceptors (Lipinski definition) is 3. The van der Waals surface area contributed by atoms with Crippen LogP contribution in [0.5, 0.6) is 0 Å². The minimum atomic E-state index is -4.58. The van der Waals surface area contributed by atoms with E-state index in [1.165, 1.54) is 4.72 Å². The molecule has 96 valence electrons. The van der Waals surface area contributed by atoms with E-state index in [-0.39, 0.29) is 13.2 Å². The monoisotopic (exact) mass is 262 g/mol. The fourth-order valence-corrected chi connectivity index (χ4v) is 3.01. The van der Waals surface area contributed by atoms with Crippen LogP contribution < -0.4 is 4.72 Å². The van der Waals surface area contributed by atoms with Gasteiger partial charge in [-0.3, -0.25) is 0 Å². The lowest BCUT2D eigenvalue weighted by Crippen LogP contribution is -2.47. The minimum Gasteiger partial charge on any atom is -0.395 e. The van der Waals surface area contributed by atoms with Crippen LogP contribution in [0.25, 0.3) is 0 Å². The topological polar surface area (TPSA) is 69.6 Å². The maximum Gasteiger partial charge on any atom is 0.402 e. The van der Waals surface area contributed by atoms with Crippen molar-refractivity contribution in [3.05, 3.63) is 0 Å². The van der Waals surface area contributed by atoms with Crippen molar-refractivity contribution >= 4 is 10.2 Å². The summed E-state index contributed by atoms with van der Waals surface area (Å²) in [6, 6.07) is -0.620. The van der Waals surface area contributed by atoms with E-state index in [2.05, 4.69) is 0 Å². The first-order valence-electron chi connectivity index (χ1n) is 4.70. The third-order valence-electron chi connectivity index (χ3n) is 2.30. The maximum absolute atomic E-state index is 11.9. The summed E-state index contributed by atoms with van der Waals surface area (Å²) in [5.74, 6) is 0. The molecule has 0 bridgehead atoms. The van der Waals surface area contributed by atoms with Gasteiger partial charge in [0.05, 0.1) is 6.61 Å². The Morgan fingerprint density at radius 3 is 2.56 bits per heavy atom. The third-order valence-corrected chi connectivity index (χ3v) is 3.90. The van der Waals surface area contributed by atoms with Crippen molar-refractivity contribution in [3.63, 3.8) is 0 Å². The largest absolute Gasteiger partial charge is 0.402 e. The number of hydrogen-bond donors (Lipinski definition) is 2. The van der Waals surface area contributed by atoms with E-state index in [9.17, 15) is 21.6 Å². The molecule has 1 rings (SSSR count). The van der Waals surface area contributed by atoms with Gasteiger partial charge in [-0.2, -0.15) is 30.6 Å². The van der Waals surface area contributed by atoms with Crippen LogP contribution in [-0.2, 0) is 10.2 Å². The molecule has 0 aromatic heterocycles. The molecule has 0 aromatic rings. The fourth-order valence-electron chi connectivity index (χ4n) is 1.56. The molecule has 1 aliphatic heterocycles. The summed E-state index contributed by atoms with van der Waals surface area (Å²) in [5.41, 5.74) is 0. The zero-order valence-electron chi connectivity index (χ0n) is 8.37. The van der Waals surface area contributed by atoms with Gasteiger partial charge in [0.15, 0.2) is 0 Å². The van der Waals surface area contributed by atoms with Crippen LogP contribution >= 0.6 is 0 Å². The summed E-state index contributed by atoms with van der Waals surface area (Å²) >= 11 is 0. The first-order valence-corrected chi connectivity index (χ1v) is 6.14. The molecule has 0 aliphatic carbocycles. The second-order valence-electron chi connectivity index (χ2n) is 3.53. The van der Waals surface area contributed by atoms with Crippen molar-refractivity contribution in [2.45, 2.75) is 25.1 Å². The van der Waals surface area contributed by atoms with E-state index >= 15 is 0 Å². The van der Waals surface area contributed by atoms with Gasteiger partial charge in [0.25, 0.3) is 10.2 Å². The number of halogens is 3. The zero-order chi connectivity index (χ0) is 12.4. The Balaban J connectivity index is 2.63. The van der Waals surface area contributed by atoms with Crippen LogP contribution in [0.15, 0.2) is 0 Å². The number of aliphatic hydroxyl groups excluding tert-OH is 1. The molecule has 0 spiro atoms. The third kappa shape index (κ3) is 3.58. The van der Waals surface area contributed by atoms with E-state index in [4.69, 9.17) is 5.11 Å². The Kier molecular flexibility index (Phi) is 4.16. The first kappa shape index (κ1) is 13.7. The smallest absolute Gasteiger partial charge is 0.395 e. The van der Waals surface area contributed by atoms with Crippen LogP contribution in [-0.4, -0.2) is 49.7 Å². The van der Waals surface area contributed by atoms with Gasteiger partial charge in [0, 0.05) is 12.6 Å². The molecular formula is C7H13F3N2O3S. The highest BCUT2D eigenvalue weighted by atomic mass is 32.2. The van der Waals surface area contributed by atoms with Crippen LogP contribution in [0.1, 0.15) is 12.8 Å². The molecule has 0 aromatic carbocycles. The summed E-state index contributed by atoms with van der Waals surface area (Å²) in [4.78, 5) is 0. The predicted octanol–water partition coefficient (Wildman–Crippen LogP) is -0.160.